The number of thioether (sulfide) groups is 1. The van der Waals surface area contributed by atoms with Gasteiger partial charge in [-0.1, -0.05) is 23.2 Å². The molecule has 0 aliphatic carbocycles. The molecular weight excluding hydrogens is 275 g/mol. The Morgan fingerprint density at radius 1 is 1.18 bits per heavy atom. The van der Waals surface area contributed by atoms with Gasteiger partial charge in [-0.05, 0) is 18.2 Å². The van der Waals surface area contributed by atoms with Gasteiger partial charge in [-0.2, -0.15) is 11.8 Å². The number of nitrogens with zero attached hydrogens (tertiary/aromatic N) is 1. The number of hydrogen-bond acceptors (Lipinski definition) is 3. The van der Waals surface area contributed by atoms with Crippen molar-refractivity contribution < 1.29 is 0 Å². The maximum atomic E-state index is 5.96. The van der Waals surface area contributed by atoms with E-state index in [1.165, 1.54) is 24.6 Å². The van der Waals surface area contributed by atoms with Gasteiger partial charge in [0.25, 0.3) is 0 Å². The zero-order valence-electron chi connectivity index (χ0n) is 9.59. The Labute approximate surface area is 117 Å². The molecule has 1 N–H and O–H groups in total. The van der Waals surface area contributed by atoms with Crippen molar-refractivity contribution in [3.63, 3.8) is 0 Å². The molecular formula is C12H16Cl2N2S. The topological polar surface area (TPSA) is 15.3 Å². The number of anilines is 1. The number of benzene rings is 1. The normalized spacial score (nSPS) is 17.1. The van der Waals surface area contributed by atoms with Crippen LogP contribution in [-0.4, -0.2) is 42.6 Å². The predicted octanol–water partition coefficient (Wildman–Crippen LogP) is 3.45. The van der Waals surface area contributed by atoms with Crippen LogP contribution in [-0.2, 0) is 0 Å². The largest absolute Gasteiger partial charge is 0.384 e. The maximum absolute atomic E-state index is 5.96. The van der Waals surface area contributed by atoms with E-state index in [9.17, 15) is 0 Å². The SMILES string of the molecule is Clc1ccc(NCCN2CCSCC2)cc1Cl. The van der Waals surface area contributed by atoms with Crippen LogP contribution in [0.15, 0.2) is 18.2 Å². The lowest BCUT2D eigenvalue weighted by Gasteiger charge is -2.26. The third kappa shape index (κ3) is 4.25. The standard InChI is InChI=1S/C12H16Cl2N2S/c13-11-2-1-10(9-12(11)14)15-3-4-16-5-7-17-8-6-16/h1-2,9,15H,3-8H2. The van der Waals surface area contributed by atoms with E-state index in [4.69, 9.17) is 23.2 Å². The van der Waals surface area contributed by atoms with Gasteiger partial charge in [0.15, 0.2) is 0 Å². The highest BCUT2D eigenvalue weighted by molar-refractivity contribution is 7.99. The minimum absolute atomic E-state index is 0.602. The van der Waals surface area contributed by atoms with Gasteiger partial charge in [-0.25, -0.2) is 0 Å². The fourth-order valence-corrected chi connectivity index (χ4v) is 3.07. The zero-order chi connectivity index (χ0) is 12.1. The Bertz CT molecular complexity index is 368. The third-order valence-corrected chi connectivity index (χ3v) is 4.46. The molecule has 1 aromatic carbocycles. The van der Waals surface area contributed by atoms with E-state index in [1.54, 1.807) is 0 Å². The molecule has 1 aromatic rings. The number of halogens is 2. The summed E-state index contributed by atoms with van der Waals surface area (Å²) in [7, 11) is 0. The average Bonchev–Trinajstić information content (AvgIpc) is 2.35. The molecule has 1 heterocycles. The van der Waals surface area contributed by atoms with Crippen molar-refractivity contribution in [2.75, 3.05) is 43.0 Å². The minimum Gasteiger partial charge on any atom is -0.384 e. The summed E-state index contributed by atoms with van der Waals surface area (Å²) in [5, 5.41) is 4.57. The van der Waals surface area contributed by atoms with Gasteiger partial charge in [-0.3, -0.25) is 4.90 Å². The van der Waals surface area contributed by atoms with Crippen LogP contribution in [0.2, 0.25) is 10.0 Å². The highest BCUT2D eigenvalue weighted by atomic mass is 35.5. The lowest BCUT2D eigenvalue weighted by Crippen LogP contribution is -2.36. The van der Waals surface area contributed by atoms with Gasteiger partial charge >= 0.3 is 0 Å². The fourth-order valence-electron chi connectivity index (χ4n) is 1.79. The van der Waals surface area contributed by atoms with Crippen LogP contribution < -0.4 is 5.32 Å². The molecule has 0 radical (unpaired) electrons. The van der Waals surface area contributed by atoms with Crippen LogP contribution in [0.3, 0.4) is 0 Å². The summed E-state index contributed by atoms with van der Waals surface area (Å²) in [6.07, 6.45) is 0. The molecule has 0 bridgehead atoms. The summed E-state index contributed by atoms with van der Waals surface area (Å²) in [4.78, 5) is 2.49. The number of hydrogen-bond donors (Lipinski definition) is 1. The second kappa shape index (κ2) is 6.74. The molecule has 0 atom stereocenters. The maximum Gasteiger partial charge on any atom is 0.0612 e. The van der Waals surface area contributed by atoms with Crippen LogP contribution in [0.4, 0.5) is 5.69 Å². The van der Waals surface area contributed by atoms with Crippen molar-refractivity contribution in [1.29, 1.82) is 0 Å². The van der Waals surface area contributed by atoms with Gasteiger partial charge in [-0.15, -0.1) is 0 Å². The van der Waals surface area contributed by atoms with Crippen molar-refractivity contribution in [1.82, 2.24) is 4.90 Å². The van der Waals surface area contributed by atoms with E-state index in [0.29, 0.717) is 10.0 Å². The molecule has 0 spiro atoms. The van der Waals surface area contributed by atoms with Gasteiger partial charge < -0.3 is 5.32 Å². The predicted molar refractivity (Wildman–Crippen MR) is 78.7 cm³/mol. The van der Waals surface area contributed by atoms with Crippen LogP contribution in [0.5, 0.6) is 0 Å². The highest BCUT2D eigenvalue weighted by Gasteiger charge is 2.09. The van der Waals surface area contributed by atoms with E-state index in [1.807, 2.05) is 30.0 Å². The summed E-state index contributed by atoms with van der Waals surface area (Å²) in [6, 6.07) is 5.65. The lowest BCUT2D eigenvalue weighted by molar-refractivity contribution is 0.314. The van der Waals surface area contributed by atoms with Crippen molar-refractivity contribution in [2.45, 2.75) is 0 Å². The van der Waals surface area contributed by atoms with Gasteiger partial charge in [0.1, 0.15) is 0 Å². The molecule has 1 saturated heterocycles. The molecule has 1 aliphatic heterocycles. The molecule has 0 unspecified atom stereocenters. The Hall–Kier alpha value is -0.0900. The summed E-state index contributed by atoms with van der Waals surface area (Å²) in [6.45, 7) is 4.44. The van der Waals surface area contributed by atoms with E-state index in [2.05, 4.69) is 10.2 Å². The average molecular weight is 291 g/mol. The number of rotatable bonds is 4. The molecule has 1 fully saturated rings. The summed E-state index contributed by atoms with van der Waals surface area (Å²) in [5.41, 5.74) is 1.03. The van der Waals surface area contributed by atoms with Gasteiger partial charge in [0, 0.05) is 43.4 Å². The molecule has 2 rings (SSSR count). The third-order valence-electron chi connectivity index (χ3n) is 2.78. The van der Waals surface area contributed by atoms with E-state index in [0.717, 1.165) is 18.8 Å². The molecule has 94 valence electrons. The second-order valence-corrected chi connectivity index (χ2v) is 6.05. The summed E-state index contributed by atoms with van der Waals surface area (Å²) in [5.74, 6) is 2.51. The molecule has 0 aromatic heterocycles. The van der Waals surface area contributed by atoms with Crippen LogP contribution in [0.1, 0.15) is 0 Å². The molecule has 17 heavy (non-hydrogen) atoms. The van der Waals surface area contributed by atoms with Crippen LogP contribution in [0, 0.1) is 0 Å². The second-order valence-electron chi connectivity index (χ2n) is 4.01. The summed E-state index contributed by atoms with van der Waals surface area (Å²) < 4.78 is 0. The number of nitrogens with one attached hydrogen (secondary N) is 1. The smallest absolute Gasteiger partial charge is 0.0612 e. The first-order valence-corrected chi connectivity index (χ1v) is 7.66. The monoisotopic (exact) mass is 290 g/mol. The van der Waals surface area contributed by atoms with Gasteiger partial charge in [0.2, 0.25) is 0 Å². The first kappa shape index (κ1) is 13.3. The van der Waals surface area contributed by atoms with Crippen molar-refractivity contribution >= 4 is 40.7 Å². The quantitative estimate of drug-likeness (QED) is 0.914. The molecule has 0 saturated carbocycles. The molecule has 2 nitrogen and oxygen atoms in total. The van der Waals surface area contributed by atoms with Gasteiger partial charge in [0.05, 0.1) is 10.0 Å². The highest BCUT2D eigenvalue weighted by Crippen LogP contribution is 2.24. The van der Waals surface area contributed by atoms with E-state index in [-0.39, 0.29) is 0 Å². The summed E-state index contributed by atoms with van der Waals surface area (Å²) >= 11 is 13.9. The Balaban J connectivity index is 1.75. The van der Waals surface area contributed by atoms with E-state index >= 15 is 0 Å². The first-order chi connectivity index (χ1) is 8.25. The van der Waals surface area contributed by atoms with E-state index < -0.39 is 0 Å². The Morgan fingerprint density at radius 3 is 2.65 bits per heavy atom. The molecule has 0 amide bonds. The minimum atomic E-state index is 0.602. The van der Waals surface area contributed by atoms with Crippen molar-refractivity contribution in [3.05, 3.63) is 28.2 Å². The lowest BCUT2D eigenvalue weighted by atomic mass is 10.3. The Morgan fingerprint density at radius 2 is 1.94 bits per heavy atom. The Kier molecular flexibility index (Phi) is 5.29. The first-order valence-electron chi connectivity index (χ1n) is 5.75. The fraction of sp³-hybridized carbons (Fsp3) is 0.500. The molecule has 1 aliphatic rings. The van der Waals surface area contributed by atoms with Crippen molar-refractivity contribution in [2.24, 2.45) is 0 Å². The molecule has 5 heteroatoms. The van der Waals surface area contributed by atoms with Crippen molar-refractivity contribution in [3.8, 4) is 0 Å². The van der Waals surface area contributed by atoms with Crippen LogP contribution in [0.25, 0.3) is 0 Å². The zero-order valence-corrected chi connectivity index (χ0v) is 11.9. The van der Waals surface area contributed by atoms with Crippen LogP contribution >= 0.6 is 35.0 Å².